The maximum Gasteiger partial charge on any atom is 0.144 e. The third-order valence-corrected chi connectivity index (χ3v) is 3.68. The Bertz CT molecular complexity index is 674. The van der Waals surface area contributed by atoms with Gasteiger partial charge in [-0.1, -0.05) is 18.2 Å². The van der Waals surface area contributed by atoms with Crippen molar-refractivity contribution in [1.29, 1.82) is 0 Å². The van der Waals surface area contributed by atoms with Crippen LogP contribution in [0.1, 0.15) is 11.1 Å². The van der Waals surface area contributed by atoms with Gasteiger partial charge in [-0.25, -0.2) is 8.42 Å². The van der Waals surface area contributed by atoms with Crippen molar-refractivity contribution in [3.8, 4) is 0 Å². The van der Waals surface area contributed by atoms with Gasteiger partial charge in [-0.05, 0) is 41.8 Å². The molecular formula is C15H18N2O3S. The Balaban J connectivity index is 2.12. The van der Waals surface area contributed by atoms with Crippen LogP contribution in [0.5, 0.6) is 0 Å². The van der Waals surface area contributed by atoms with E-state index in [2.05, 4.69) is 5.32 Å². The van der Waals surface area contributed by atoms with Crippen molar-refractivity contribution in [3.05, 3.63) is 53.6 Å². The Labute approximate surface area is 125 Å². The van der Waals surface area contributed by atoms with Gasteiger partial charge in [0, 0.05) is 12.3 Å². The zero-order valence-corrected chi connectivity index (χ0v) is 12.3. The number of nitrogen functional groups attached to an aromatic ring is 1. The van der Waals surface area contributed by atoms with Crippen LogP contribution in [0.3, 0.4) is 0 Å². The summed E-state index contributed by atoms with van der Waals surface area (Å²) in [4.78, 5) is 0. The molecule has 2 aromatic carbocycles. The van der Waals surface area contributed by atoms with E-state index >= 15 is 0 Å². The summed E-state index contributed by atoms with van der Waals surface area (Å²) in [6.07, 6.45) is 0.629. The van der Waals surface area contributed by atoms with E-state index in [0.717, 1.165) is 16.9 Å². The molecule has 0 aliphatic heterocycles. The number of nitrogens with one attached hydrogen (secondary N) is 1. The van der Waals surface area contributed by atoms with Crippen LogP contribution in [0.15, 0.2) is 42.5 Å². The number of aliphatic hydroxyl groups is 1. The Morgan fingerprint density at radius 3 is 2.29 bits per heavy atom. The fraction of sp³-hybridized carbons (Fsp3) is 0.200. The first-order chi connectivity index (χ1) is 10.1. The molecule has 6 heteroatoms. The molecule has 0 aliphatic rings. The van der Waals surface area contributed by atoms with E-state index in [9.17, 15) is 8.42 Å². The summed E-state index contributed by atoms with van der Waals surface area (Å²) < 4.78 is 21.4. The molecule has 2 rings (SSSR count). The predicted molar refractivity (Wildman–Crippen MR) is 85.4 cm³/mol. The number of nitrogens with two attached hydrogens (primary N) is 1. The first-order valence-corrected chi connectivity index (χ1v) is 7.92. The second kappa shape index (κ2) is 7.10. The zero-order chi connectivity index (χ0) is 15.2. The summed E-state index contributed by atoms with van der Waals surface area (Å²) >= 11 is 0. The molecule has 0 bridgehead atoms. The van der Waals surface area contributed by atoms with Gasteiger partial charge in [0.05, 0.1) is 17.1 Å². The lowest BCUT2D eigenvalue weighted by Gasteiger charge is -2.11. The van der Waals surface area contributed by atoms with Gasteiger partial charge in [-0.15, -0.1) is 0 Å². The minimum absolute atomic E-state index is 0.00430. The Hall–Kier alpha value is -2.05. The van der Waals surface area contributed by atoms with Crippen molar-refractivity contribution in [2.24, 2.45) is 0 Å². The van der Waals surface area contributed by atoms with E-state index in [0.29, 0.717) is 17.7 Å². The highest BCUT2D eigenvalue weighted by molar-refractivity contribution is 7.71. The molecule has 4 N–H and O–H groups in total. The molecule has 2 aromatic rings. The molecule has 0 saturated carbocycles. The van der Waals surface area contributed by atoms with Crippen molar-refractivity contribution in [1.82, 2.24) is 0 Å². The number of aliphatic hydroxyl groups excluding tert-OH is 1. The lowest BCUT2D eigenvalue weighted by atomic mass is 10.1. The van der Waals surface area contributed by atoms with Crippen molar-refractivity contribution >= 4 is 27.8 Å². The van der Waals surface area contributed by atoms with Crippen molar-refractivity contribution in [2.45, 2.75) is 12.2 Å². The first kappa shape index (κ1) is 15.3. The van der Waals surface area contributed by atoms with Crippen LogP contribution < -0.4 is 11.1 Å². The third-order valence-electron chi connectivity index (χ3n) is 3.06. The minimum atomic E-state index is -2.45. The highest BCUT2D eigenvalue weighted by atomic mass is 32.2. The average molecular weight is 306 g/mol. The van der Waals surface area contributed by atoms with E-state index in [4.69, 9.17) is 10.8 Å². The smallest absolute Gasteiger partial charge is 0.144 e. The van der Waals surface area contributed by atoms with E-state index in [1.54, 1.807) is 18.2 Å². The van der Waals surface area contributed by atoms with Gasteiger partial charge >= 0.3 is 0 Å². The van der Waals surface area contributed by atoms with E-state index in [-0.39, 0.29) is 12.4 Å². The number of anilines is 3. The Kier molecular flexibility index (Phi) is 5.19. The topological polar surface area (TPSA) is 92.4 Å². The molecule has 0 radical (unpaired) electrons. The maximum atomic E-state index is 10.7. The lowest BCUT2D eigenvalue weighted by Crippen LogP contribution is -1.98. The maximum absolute atomic E-state index is 10.7. The second-order valence-electron chi connectivity index (χ2n) is 4.71. The molecule has 0 fully saturated rings. The summed E-state index contributed by atoms with van der Waals surface area (Å²) in [7, 11) is -2.45. The van der Waals surface area contributed by atoms with Gasteiger partial charge in [0.15, 0.2) is 0 Å². The SMILES string of the molecule is Nc1cc(C[SH](=O)=O)ccc1Nc1ccc(CCO)cc1. The van der Waals surface area contributed by atoms with Crippen molar-refractivity contribution in [3.63, 3.8) is 0 Å². The van der Waals surface area contributed by atoms with Gasteiger partial charge in [-0.2, -0.15) is 0 Å². The van der Waals surface area contributed by atoms with E-state index in [1.165, 1.54) is 0 Å². The van der Waals surface area contributed by atoms with Crippen molar-refractivity contribution < 1.29 is 13.5 Å². The Morgan fingerprint density at radius 1 is 1.05 bits per heavy atom. The van der Waals surface area contributed by atoms with Crippen LogP contribution in [0, 0.1) is 0 Å². The minimum Gasteiger partial charge on any atom is -0.397 e. The van der Waals surface area contributed by atoms with Gasteiger partial charge < -0.3 is 16.2 Å². The molecule has 0 unspecified atom stereocenters. The van der Waals surface area contributed by atoms with E-state index < -0.39 is 10.7 Å². The summed E-state index contributed by atoms with van der Waals surface area (Å²) in [5.41, 5.74) is 9.78. The monoisotopic (exact) mass is 306 g/mol. The van der Waals surface area contributed by atoms with Gasteiger partial charge in [0.2, 0.25) is 0 Å². The van der Waals surface area contributed by atoms with Crippen LogP contribution >= 0.6 is 0 Å². The van der Waals surface area contributed by atoms with Gasteiger partial charge in [-0.3, -0.25) is 0 Å². The molecule has 112 valence electrons. The number of hydrogen-bond donors (Lipinski definition) is 4. The standard InChI is InChI=1S/C15H18N2O3S/c16-14-9-12(10-21(19)20)3-6-15(14)17-13-4-1-11(2-5-13)7-8-18/h1-6,9,17-18,21H,7-8,10,16H2. The first-order valence-electron chi connectivity index (χ1n) is 6.55. The van der Waals surface area contributed by atoms with Gasteiger partial charge in [0.1, 0.15) is 10.7 Å². The summed E-state index contributed by atoms with van der Waals surface area (Å²) in [6.45, 7) is 0.128. The predicted octanol–water partition coefficient (Wildman–Crippen LogP) is 1.66. The molecule has 21 heavy (non-hydrogen) atoms. The quantitative estimate of drug-likeness (QED) is 0.481. The molecule has 0 spiro atoms. The average Bonchev–Trinajstić information content (AvgIpc) is 2.43. The number of thiol groups is 1. The lowest BCUT2D eigenvalue weighted by molar-refractivity contribution is 0.299. The highest BCUT2D eigenvalue weighted by Crippen LogP contribution is 2.24. The number of hydrogen-bond acceptors (Lipinski definition) is 5. The molecule has 0 heterocycles. The molecule has 0 saturated heterocycles. The second-order valence-corrected chi connectivity index (χ2v) is 5.69. The van der Waals surface area contributed by atoms with Crippen molar-refractivity contribution in [2.75, 3.05) is 17.7 Å². The molecule has 0 aliphatic carbocycles. The number of rotatable bonds is 6. The molecule has 0 amide bonds. The van der Waals surface area contributed by atoms with Crippen LogP contribution in [-0.4, -0.2) is 20.1 Å². The normalized spacial score (nSPS) is 10.8. The van der Waals surface area contributed by atoms with Gasteiger partial charge in [0.25, 0.3) is 0 Å². The van der Waals surface area contributed by atoms with Crippen LogP contribution in [0.25, 0.3) is 0 Å². The molecule has 5 nitrogen and oxygen atoms in total. The van der Waals surface area contributed by atoms with Crippen LogP contribution in [-0.2, 0) is 22.9 Å². The van der Waals surface area contributed by atoms with Crippen LogP contribution in [0.4, 0.5) is 17.1 Å². The summed E-state index contributed by atoms with van der Waals surface area (Å²) in [6, 6.07) is 12.9. The Morgan fingerprint density at radius 2 is 1.71 bits per heavy atom. The molecular weight excluding hydrogens is 288 g/mol. The fourth-order valence-corrected chi connectivity index (χ4v) is 2.51. The van der Waals surface area contributed by atoms with E-state index in [1.807, 2.05) is 24.3 Å². The summed E-state index contributed by atoms with van der Waals surface area (Å²) in [5, 5.41) is 12.1. The fourth-order valence-electron chi connectivity index (χ4n) is 2.01. The zero-order valence-electron chi connectivity index (χ0n) is 11.5. The number of benzene rings is 2. The van der Waals surface area contributed by atoms with Crippen LogP contribution in [0.2, 0.25) is 0 Å². The highest BCUT2D eigenvalue weighted by Gasteiger charge is 2.03. The molecule has 0 aromatic heterocycles. The summed E-state index contributed by atoms with van der Waals surface area (Å²) in [5.74, 6) is -0.00430. The molecule has 0 atom stereocenters. The largest absolute Gasteiger partial charge is 0.397 e. The third kappa shape index (κ3) is 4.47.